The summed E-state index contributed by atoms with van der Waals surface area (Å²) >= 11 is 5.91. The van der Waals surface area contributed by atoms with Crippen LogP contribution in [-0.2, 0) is 9.53 Å². The molecule has 6 heteroatoms. The van der Waals surface area contributed by atoms with Gasteiger partial charge in [0.15, 0.2) is 0 Å². The molecule has 0 radical (unpaired) electrons. The van der Waals surface area contributed by atoms with Gasteiger partial charge in [-0.15, -0.1) is 12.4 Å². The third-order valence-corrected chi connectivity index (χ3v) is 3.90. The lowest BCUT2D eigenvalue weighted by atomic mass is 10.0. The Morgan fingerprint density at radius 2 is 2.05 bits per heavy atom. The van der Waals surface area contributed by atoms with Gasteiger partial charge in [0.2, 0.25) is 5.91 Å². The Balaban J connectivity index is 0.00000220. The molecule has 1 fully saturated rings. The van der Waals surface area contributed by atoms with Crippen LogP contribution in [0.3, 0.4) is 0 Å². The van der Waals surface area contributed by atoms with E-state index in [4.69, 9.17) is 22.1 Å². The zero-order chi connectivity index (χ0) is 14.5. The second-order valence-corrected chi connectivity index (χ2v) is 5.67. The zero-order valence-corrected chi connectivity index (χ0v) is 13.6. The van der Waals surface area contributed by atoms with Crippen LogP contribution in [-0.4, -0.2) is 25.7 Å². The van der Waals surface area contributed by atoms with Gasteiger partial charge in [0, 0.05) is 18.7 Å². The first-order chi connectivity index (χ1) is 9.63. The second-order valence-electron chi connectivity index (χ2n) is 5.23. The molecule has 21 heavy (non-hydrogen) atoms. The first kappa shape index (κ1) is 18.2. The lowest BCUT2D eigenvalue weighted by Crippen LogP contribution is -2.35. The molecule has 1 aromatic rings. The highest BCUT2D eigenvalue weighted by atomic mass is 35.5. The van der Waals surface area contributed by atoms with Crippen molar-refractivity contribution in [3.63, 3.8) is 0 Å². The summed E-state index contributed by atoms with van der Waals surface area (Å²) in [5, 5.41) is 3.80. The number of benzene rings is 1. The van der Waals surface area contributed by atoms with Gasteiger partial charge in [0.1, 0.15) is 0 Å². The van der Waals surface area contributed by atoms with E-state index in [0.717, 1.165) is 18.4 Å². The van der Waals surface area contributed by atoms with Crippen LogP contribution in [0.15, 0.2) is 24.3 Å². The highest BCUT2D eigenvalue weighted by Gasteiger charge is 2.33. The van der Waals surface area contributed by atoms with E-state index in [9.17, 15) is 4.79 Å². The molecular weight excluding hydrogens is 311 g/mol. The third-order valence-electron chi connectivity index (χ3n) is 3.65. The fourth-order valence-corrected chi connectivity index (χ4v) is 2.40. The lowest BCUT2D eigenvalue weighted by molar-refractivity contribution is -0.124. The number of methoxy groups -OCH3 is 1. The standard InChI is InChI=1S/C15H21ClN2O2.ClH/c1-20-13(9-17)8-14(19)18-15(10-2-3-10)11-4-6-12(16)7-5-11;/h4-7,10,13,15H,2-3,8-9,17H2,1H3,(H,18,19);1H. The van der Waals surface area contributed by atoms with Gasteiger partial charge in [0.25, 0.3) is 0 Å². The Bertz CT molecular complexity index is 445. The molecule has 4 nitrogen and oxygen atoms in total. The van der Waals surface area contributed by atoms with Gasteiger partial charge in [0.05, 0.1) is 18.6 Å². The predicted octanol–water partition coefficient (Wildman–Crippen LogP) is 2.69. The van der Waals surface area contributed by atoms with E-state index in [1.54, 1.807) is 7.11 Å². The maximum atomic E-state index is 12.1. The molecule has 0 spiro atoms. The molecule has 0 bridgehead atoms. The molecule has 0 heterocycles. The maximum absolute atomic E-state index is 12.1. The van der Waals surface area contributed by atoms with Gasteiger partial charge < -0.3 is 15.8 Å². The fraction of sp³-hybridized carbons (Fsp3) is 0.533. The summed E-state index contributed by atoms with van der Waals surface area (Å²) in [6, 6.07) is 7.73. The molecule has 0 aromatic heterocycles. The molecule has 2 rings (SSSR count). The van der Waals surface area contributed by atoms with E-state index in [2.05, 4.69) is 5.32 Å². The van der Waals surface area contributed by atoms with E-state index in [1.165, 1.54) is 0 Å². The Kier molecular flexibility index (Phi) is 7.46. The van der Waals surface area contributed by atoms with Crippen LogP contribution in [0.4, 0.5) is 0 Å². The molecular formula is C15H22Cl2N2O2. The molecule has 0 saturated heterocycles. The summed E-state index contributed by atoms with van der Waals surface area (Å²) in [4.78, 5) is 12.1. The Labute approximate surface area is 136 Å². The van der Waals surface area contributed by atoms with Crippen molar-refractivity contribution >= 4 is 29.9 Å². The summed E-state index contributed by atoms with van der Waals surface area (Å²) in [5.41, 5.74) is 6.65. The van der Waals surface area contributed by atoms with Gasteiger partial charge in [-0.1, -0.05) is 23.7 Å². The van der Waals surface area contributed by atoms with Gasteiger partial charge in [-0.2, -0.15) is 0 Å². The first-order valence-corrected chi connectivity index (χ1v) is 7.29. The maximum Gasteiger partial charge on any atom is 0.223 e. The summed E-state index contributed by atoms with van der Waals surface area (Å²) in [6.45, 7) is 0.346. The van der Waals surface area contributed by atoms with Crippen LogP contribution < -0.4 is 11.1 Å². The minimum absolute atomic E-state index is 0. The normalized spacial score (nSPS) is 16.7. The van der Waals surface area contributed by atoms with Gasteiger partial charge in [-0.3, -0.25) is 4.79 Å². The van der Waals surface area contributed by atoms with Crippen LogP contribution >= 0.6 is 24.0 Å². The molecule has 1 amide bonds. The predicted molar refractivity (Wildman–Crippen MR) is 86.8 cm³/mol. The summed E-state index contributed by atoms with van der Waals surface area (Å²) in [6.07, 6.45) is 2.38. The van der Waals surface area contributed by atoms with E-state index in [-0.39, 0.29) is 30.5 Å². The van der Waals surface area contributed by atoms with E-state index in [1.807, 2.05) is 24.3 Å². The van der Waals surface area contributed by atoms with Crippen molar-refractivity contribution in [2.24, 2.45) is 11.7 Å². The average molecular weight is 333 g/mol. The Morgan fingerprint density at radius 3 is 2.52 bits per heavy atom. The number of carbonyl (C=O) groups is 1. The molecule has 1 aliphatic carbocycles. The summed E-state index contributed by atoms with van der Waals surface area (Å²) in [7, 11) is 1.57. The van der Waals surface area contributed by atoms with Crippen molar-refractivity contribution in [3.05, 3.63) is 34.9 Å². The molecule has 1 saturated carbocycles. The molecule has 2 atom stereocenters. The lowest BCUT2D eigenvalue weighted by Gasteiger charge is -2.20. The van der Waals surface area contributed by atoms with Gasteiger partial charge in [-0.05, 0) is 36.5 Å². The van der Waals surface area contributed by atoms with Crippen molar-refractivity contribution in [2.75, 3.05) is 13.7 Å². The quantitative estimate of drug-likeness (QED) is 0.806. The van der Waals surface area contributed by atoms with Crippen LogP contribution in [0.25, 0.3) is 0 Å². The topological polar surface area (TPSA) is 64.3 Å². The van der Waals surface area contributed by atoms with Crippen LogP contribution in [0.1, 0.15) is 30.9 Å². The number of rotatable bonds is 7. The number of hydrogen-bond acceptors (Lipinski definition) is 3. The van der Waals surface area contributed by atoms with Gasteiger partial charge in [-0.25, -0.2) is 0 Å². The van der Waals surface area contributed by atoms with Crippen molar-refractivity contribution in [1.29, 1.82) is 0 Å². The number of nitrogens with two attached hydrogens (primary N) is 1. The monoisotopic (exact) mass is 332 g/mol. The number of carbonyl (C=O) groups excluding carboxylic acids is 1. The van der Waals surface area contributed by atoms with Gasteiger partial charge >= 0.3 is 0 Å². The molecule has 0 aliphatic heterocycles. The number of nitrogens with one attached hydrogen (secondary N) is 1. The minimum Gasteiger partial charge on any atom is -0.380 e. The highest BCUT2D eigenvalue weighted by Crippen LogP contribution is 2.41. The van der Waals surface area contributed by atoms with Crippen molar-refractivity contribution in [2.45, 2.75) is 31.4 Å². The van der Waals surface area contributed by atoms with Crippen LogP contribution in [0.2, 0.25) is 5.02 Å². The smallest absolute Gasteiger partial charge is 0.223 e. The van der Waals surface area contributed by atoms with Crippen LogP contribution in [0.5, 0.6) is 0 Å². The number of amides is 1. The first-order valence-electron chi connectivity index (χ1n) is 6.91. The number of halogens is 2. The third kappa shape index (κ3) is 5.47. The second kappa shape index (κ2) is 8.59. The largest absolute Gasteiger partial charge is 0.380 e. The fourth-order valence-electron chi connectivity index (χ4n) is 2.28. The van der Waals surface area contributed by atoms with E-state index < -0.39 is 0 Å². The van der Waals surface area contributed by atoms with Crippen molar-refractivity contribution < 1.29 is 9.53 Å². The van der Waals surface area contributed by atoms with Crippen LogP contribution in [0, 0.1) is 5.92 Å². The zero-order valence-electron chi connectivity index (χ0n) is 12.0. The number of hydrogen-bond donors (Lipinski definition) is 2. The van der Waals surface area contributed by atoms with E-state index >= 15 is 0 Å². The number of ether oxygens (including phenoxy) is 1. The van der Waals surface area contributed by atoms with Crippen molar-refractivity contribution in [3.8, 4) is 0 Å². The molecule has 1 aliphatic rings. The Hall–Kier alpha value is -0.810. The summed E-state index contributed by atoms with van der Waals surface area (Å²) in [5.74, 6) is 0.508. The minimum atomic E-state index is -0.222. The highest BCUT2D eigenvalue weighted by molar-refractivity contribution is 6.30. The molecule has 118 valence electrons. The molecule has 2 unspecified atom stereocenters. The summed E-state index contributed by atoms with van der Waals surface area (Å²) < 4.78 is 5.15. The molecule has 1 aromatic carbocycles. The average Bonchev–Trinajstić information content (AvgIpc) is 3.28. The Morgan fingerprint density at radius 1 is 1.43 bits per heavy atom. The van der Waals surface area contributed by atoms with E-state index in [0.29, 0.717) is 23.9 Å². The SMILES string of the molecule is COC(CN)CC(=O)NC(c1ccc(Cl)cc1)C1CC1.Cl. The molecule has 3 N–H and O–H groups in total. The van der Waals surface area contributed by atoms with Crippen molar-refractivity contribution in [1.82, 2.24) is 5.32 Å².